The second-order valence-corrected chi connectivity index (χ2v) is 3.62. The summed E-state index contributed by atoms with van der Waals surface area (Å²) in [6.45, 7) is 2.41. The van der Waals surface area contributed by atoms with E-state index in [0.29, 0.717) is 17.4 Å². The maximum atomic E-state index is 5.78. The van der Waals surface area contributed by atoms with E-state index < -0.39 is 0 Å². The fraction of sp³-hybridized carbons (Fsp3) is 0.222. The van der Waals surface area contributed by atoms with Gasteiger partial charge in [0.25, 0.3) is 0 Å². The lowest BCUT2D eigenvalue weighted by Gasteiger charge is -2.00. The van der Waals surface area contributed by atoms with E-state index in [2.05, 4.69) is 15.1 Å². The van der Waals surface area contributed by atoms with E-state index in [1.54, 1.807) is 23.3 Å². The summed E-state index contributed by atoms with van der Waals surface area (Å²) in [7, 11) is 0. The molecule has 0 amide bonds. The van der Waals surface area contributed by atoms with Crippen molar-refractivity contribution >= 4 is 17.4 Å². The Hall–Kier alpha value is -1.62. The molecule has 0 aliphatic heterocycles. The molecule has 0 aliphatic carbocycles. The van der Waals surface area contributed by atoms with Crippen molar-refractivity contribution in [2.24, 2.45) is 0 Å². The minimum atomic E-state index is 0.330. The fourth-order valence-electron chi connectivity index (χ4n) is 1.16. The second-order valence-electron chi connectivity index (χ2n) is 3.21. The van der Waals surface area contributed by atoms with Crippen LogP contribution in [-0.4, -0.2) is 19.7 Å². The zero-order valence-corrected chi connectivity index (χ0v) is 8.94. The first-order valence-electron chi connectivity index (χ1n) is 4.41. The van der Waals surface area contributed by atoms with E-state index >= 15 is 0 Å². The highest BCUT2D eigenvalue weighted by Gasteiger charge is 2.03. The number of anilines is 1. The van der Waals surface area contributed by atoms with Crippen LogP contribution in [0.1, 0.15) is 11.4 Å². The van der Waals surface area contributed by atoms with Gasteiger partial charge < -0.3 is 5.73 Å². The molecule has 0 saturated heterocycles. The molecule has 6 heteroatoms. The van der Waals surface area contributed by atoms with Crippen LogP contribution in [0.5, 0.6) is 0 Å². The number of nitrogen functional groups attached to an aromatic ring is 1. The molecule has 2 aromatic heterocycles. The third-order valence-electron chi connectivity index (χ3n) is 1.90. The van der Waals surface area contributed by atoms with Crippen molar-refractivity contribution in [1.29, 1.82) is 0 Å². The van der Waals surface area contributed by atoms with Crippen molar-refractivity contribution in [1.82, 2.24) is 19.7 Å². The zero-order valence-electron chi connectivity index (χ0n) is 8.18. The van der Waals surface area contributed by atoms with Crippen LogP contribution in [-0.2, 0) is 6.54 Å². The van der Waals surface area contributed by atoms with Crippen LogP contribution in [0.4, 0.5) is 5.82 Å². The molecular formula is C9H10ClN5. The number of nitrogens with two attached hydrogens (primary N) is 1. The maximum absolute atomic E-state index is 5.78. The van der Waals surface area contributed by atoms with Crippen LogP contribution in [0.15, 0.2) is 18.6 Å². The predicted octanol–water partition coefficient (Wildman–Crippen LogP) is 1.27. The minimum absolute atomic E-state index is 0.330. The van der Waals surface area contributed by atoms with E-state index in [1.165, 1.54) is 0 Å². The third kappa shape index (κ3) is 2.24. The van der Waals surface area contributed by atoms with Gasteiger partial charge >= 0.3 is 0 Å². The van der Waals surface area contributed by atoms with E-state index in [1.807, 2.05) is 6.92 Å². The van der Waals surface area contributed by atoms with Gasteiger partial charge in [-0.05, 0) is 6.92 Å². The Balaban J connectivity index is 2.18. The number of nitrogens with zero attached hydrogens (tertiary/aromatic N) is 4. The van der Waals surface area contributed by atoms with E-state index in [-0.39, 0.29) is 0 Å². The quantitative estimate of drug-likeness (QED) is 0.832. The summed E-state index contributed by atoms with van der Waals surface area (Å²) < 4.78 is 1.64. The maximum Gasteiger partial charge on any atom is 0.164 e. The van der Waals surface area contributed by atoms with Gasteiger partial charge in [0, 0.05) is 12.4 Å². The molecular weight excluding hydrogens is 214 g/mol. The summed E-state index contributed by atoms with van der Waals surface area (Å²) in [5.41, 5.74) is 7.22. The van der Waals surface area contributed by atoms with Crippen LogP contribution in [0, 0.1) is 6.92 Å². The van der Waals surface area contributed by atoms with Crippen molar-refractivity contribution in [2.45, 2.75) is 13.5 Å². The number of hydrogen-bond acceptors (Lipinski definition) is 4. The summed E-state index contributed by atoms with van der Waals surface area (Å²) in [5, 5.41) is 4.48. The molecule has 2 rings (SSSR count). The Morgan fingerprint density at radius 1 is 1.40 bits per heavy atom. The second kappa shape index (κ2) is 3.86. The third-order valence-corrected chi connectivity index (χ3v) is 2.19. The number of halogens is 1. The SMILES string of the molecule is Cc1cnc(Cn2cc(Cl)c(N)n2)cn1. The molecule has 0 saturated carbocycles. The lowest BCUT2D eigenvalue weighted by Crippen LogP contribution is -2.03. The smallest absolute Gasteiger partial charge is 0.164 e. The van der Waals surface area contributed by atoms with Gasteiger partial charge in [-0.15, -0.1) is 0 Å². The van der Waals surface area contributed by atoms with Crippen LogP contribution >= 0.6 is 11.6 Å². The molecule has 0 atom stereocenters. The molecule has 0 aromatic carbocycles. The first kappa shape index (κ1) is 9.92. The summed E-state index contributed by atoms with van der Waals surface area (Å²) in [6.07, 6.45) is 5.09. The highest BCUT2D eigenvalue weighted by Crippen LogP contribution is 2.15. The van der Waals surface area contributed by atoms with Crippen molar-refractivity contribution in [3.05, 3.63) is 35.0 Å². The molecule has 5 nitrogen and oxygen atoms in total. The van der Waals surface area contributed by atoms with Gasteiger partial charge in [0.05, 0.1) is 24.1 Å². The van der Waals surface area contributed by atoms with Crippen LogP contribution in [0.3, 0.4) is 0 Å². The van der Waals surface area contributed by atoms with Gasteiger partial charge in [-0.1, -0.05) is 11.6 Å². The monoisotopic (exact) mass is 223 g/mol. The topological polar surface area (TPSA) is 69.6 Å². The largest absolute Gasteiger partial charge is 0.381 e. The molecule has 0 aliphatic rings. The molecule has 0 spiro atoms. The van der Waals surface area contributed by atoms with E-state index in [9.17, 15) is 0 Å². The first-order valence-corrected chi connectivity index (χ1v) is 4.79. The summed E-state index contributed by atoms with van der Waals surface area (Å²) >= 11 is 5.78. The minimum Gasteiger partial charge on any atom is -0.381 e. The zero-order chi connectivity index (χ0) is 10.8. The molecule has 2 N–H and O–H groups in total. The van der Waals surface area contributed by atoms with Crippen molar-refractivity contribution in [3.63, 3.8) is 0 Å². The van der Waals surface area contributed by atoms with E-state index in [0.717, 1.165) is 11.4 Å². The number of hydrogen-bond donors (Lipinski definition) is 1. The molecule has 0 fully saturated rings. The molecule has 2 aromatic rings. The molecule has 15 heavy (non-hydrogen) atoms. The standard InChI is InChI=1S/C9H10ClN5/c1-6-2-13-7(3-12-6)4-15-5-8(10)9(11)14-15/h2-3,5H,4H2,1H3,(H2,11,14). The van der Waals surface area contributed by atoms with Gasteiger partial charge in [-0.2, -0.15) is 5.10 Å². The van der Waals surface area contributed by atoms with Gasteiger partial charge in [0.2, 0.25) is 0 Å². The first-order chi connectivity index (χ1) is 7.15. The number of aromatic nitrogens is 4. The van der Waals surface area contributed by atoms with Gasteiger partial charge in [0.15, 0.2) is 5.82 Å². The van der Waals surface area contributed by atoms with Gasteiger partial charge in [0.1, 0.15) is 5.02 Å². The molecule has 0 radical (unpaired) electrons. The summed E-state index contributed by atoms with van der Waals surface area (Å²) in [4.78, 5) is 8.34. The van der Waals surface area contributed by atoms with Gasteiger partial charge in [-0.25, -0.2) is 0 Å². The Kier molecular flexibility index (Phi) is 2.55. The molecule has 0 unspecified atom stereocenters. The van der Waals surface area contributed by atoms with Crippen LogP contribution in [0.25, 0.3) is 0 Å². The average Bonchev–Trinajstić information content (AvgIpc) is 2.50. The normalized spacial score (nSPS) is 10.5. The van der Waals surface area contributed by atoms with Crippen LogP contribution < -0.4 is 5.73 Å². The lowest BCUT2D eigenvalue weighted by molar-refractivity contribution is 0.672. The van der Waals surface area contributed by atoms with Crippen molar-refractivity contribution in [3.8, 4) is 0 Å². The highest BCUT2D eigenvalue weighted by molar-refractivity contribution is 6.32. The Labute approximate surface area is 91.9 Å². The lowest BCUT2D eigenvalue weighted by atomic mass is 10.4. The highest BCUT2D eigenvalue weighted by atomic mass is 35.5. The predicted molar refractivity (Wildman–Crippen MR) is 57.5 cm³/mol. The Morgan fingerprint density at radius 2 is 2.20 bits per heavy atom. The number of aryl methyl sites for hydroxylation is 1. The molecule has 0 bridgehead atoms. The van der Waals surface area contributed by atoms with E-state index in [4.69, 9.17) is 17.3 Å². The van der Waals surface area contributed by atoms with Crippen LogP contribution in [0.2, 0.25) is 5.02 Å². The van der Waals surface area contributed by atoms with Crippen molar-refractivity contribution < 1.29 is 0 Å². The Morgan fingerprint density at radius 3 is 2.73 bits per heavy atom. The average molecular weight is 224 g/mol. The van der Waals surface area contributed by atoms with Crippen molar-refractivity contribution in [2.75, 3.05) is 5.73 Å². The Bertz CT molecular complexity index is 442. The van der Waals surface area contributed by atoms with Gasteiger partial charge in [-0.3, -0.25) is 14.6 Å². The summed E-state index contributed by atoms with van der Waals surface area (Å²) in [5.74, 6) is 0.330. The summed E-state index contributed by atoms with van der Waals surface area (Å²) in [6, 6.07) is 0. The number of rotatable bonds is 2. The molecule has 2 heterocycles. The molecule has 78 valence electrons. The fourth-order valence-corrected chi connectivity index (χ4v) is 1.31.